The molecule has 20 heavy (non-hydrogen) atoms. The fourth-order valence-corrected chi connectivity index (χ4v) is 2.69. The number of ether oxygens (including phenoxy) is 1. The molecule has 106 valence electrons. The number of hydrogen-bond acceptors (Lipinski definition) is 3. The highest BCUT2D eigenvalue weighted by atomic mass is 35.5. The zero-order valence-electron chi connectivity index (χ0n) is 10.7. The van der Waals surface area contributed by atoms with E-state index in [-0.39, 0.29) is 5.91 Å². The van der Waals surface area contributed by atoms with Crippen molar-refractivity contribution in [2.75, 3.05) is 13.1 Å². The highest BCUT2D eigenvalue weighted by molar-refractivity contribution is 6.24. The van der Waals surface area contributed by atoms with E-state index >= 15 is 0 Å². The molecule has 2 heterocycles. The molecule has 4 nitrogen and oxygen atoms in total. The van der Waals surface area contributed by atoms with E-state index < -0.39 is 11.2 Å². The molecule has 0 aromatic heterocycles. The summed E-state index contributed by atoms with van der Waals surface area (Å²) in [5.74, 6) is -0.0423. The number of nitrogens with one attached hydrogen (secondary N) is 2. The summed E-state index contributed by atoms with van der Waals surface area (Å²) in [5, 5.41) is 5.19. The maximum atomic E-state index is 13.4. The third kappa shape index (κ3) is 2.51. The highest BCUT2D eigenvalue weighted by Crippen LogP contribution is 2.30. The second kappa shape index (κ2) is 5.42. The van der Waals surface area contributed by atoms with Gasteiger partial charge in [0, 0.05) is 0 Å². The van der Waals surface area contributed by atoms with Crippen molar-refractivity contribution in [3.8, 4) is 0 Å². The first-order chi connectivity index (χ1) is 9.65. The average Bonchev–Trinajstić information content (AvgIpc) is 2.59. The third-order valence-corrected chi connectivity index (χ3v) is 3.78. The van der Waals surface area contributed by atoms with Crippen LogP contribution in [0.15, 0.2) is 46.8 Å². The molecule has 0 bridgehead atoms. The van der Waals surface area contributed by atoms with E-state index in [0.29, 0.717) is 17.2 Å². The van der Waals surface area contributed by atoms with Gasteiger partial charge in [-0.3, -0.25) is 4.79 Å². The van der Waals surface area contributed by atoms with Crippen molar-refractivity contribution in [1.29, 1.82) is 0 Å². The van der Waals surface area contributed by atoms with Crippen molar-refractivity contribution >= 4 is 17.5 Å². The monoisotopic (exact) mass is 296 g/mol. The standard InChI is InChI=1S/C14H14ClFN2O2/c15-10-7-9(16)1-2-11-12(10)18-14(19)13(20-11)8-3-5-17-6-4-8/h1-2,7,10,17H,3-6H2,(H,18,19). The summed E-state index contributed by atoms with van der Waals surface area (Å²) >= 11 is 6.05. The van der Waals surface area contributed by atoms with E-state index in [9.17, 15) is 9.18 Å². The molecule has 1 atom stereocenters. The smallest absolute Gasteiger partial charge is 0.291 e. The average molecular weight is 297 g/mol. The maximum Gasteiger partial charge on any atom is 0.291 e. The van der Waals surface area contributed by atoms with Gasteiger partial charge in [-0.2, -0.15) is 0 Å². The molecular formula is C14H14ClFN2O2. The van der Waals surface area contributed by atoms with Crippen LogP contribution in [0.3, 0.4) is 0 Å². The Morgan fingerprint density at radius 3 is 2.80 bits per heavy atom. The molecule has 0 aromatic carbocycles. The molecule has 1 saturated heterocycles. The predicted molar refractivity (Wildman–Crippen MR) is 73.4 cm³/mol. The van der Waals surface area contributed by atoms with Gasteiger partial charge in [-0.25, -0.2) is 4.39 Å². The Balaban J connectivity index is 1.95. The molecule has 6 heteroatoms. The molecule has 0 radical (unpaired) electrons. The molecule has 1 fully saturated rings. The second-order valence-corrected chi connectivity index (χ2v) is 5.27. The molecule has 2 aliphatic heterocycles. The predicted octanol–water partition coefficient (Wildman–Crippen LogP) is 2.01. The first-order valence-electron chi connectivity index (χ1n) is 6.51. The van der Waals surface area contributed by atoms with E-state index in [1.807, 2.05) is 0 Å². The zero-order chi connectivity index (χ0) is 14.1. The van der Waals surface area contributed by atoms with Crippen molar-refractivity contribution < 1.29 is 13.9 Å². The van der Waals surface area contributed by atoms with Crippen LogP contribution in [-0.4, -0.2) is 24.4 Å². The lowest BCUT2D eigenvalue weighted by Crippen LogP contribution is -2.36. The summed E-state index contributed by atoms with van der Waals surface area (Å²) in [6, 6.07) is 0. The number of allylic oxidation sites excluding steroid dienone is 4. The zero-order valence-corrected chi connectivity index (χ0v) is 11.5. The van der Waals surface area contributed by atoms with Crippen molar-refractivity contribution in [3.05, 3.63) is 46.8 Å². The summed E-state index contributed by atoms with van der Waals surface area (Å²) in [6.07, 6.45) is 5.54. The molecule has 3 rings (SSSR count). The van der Waals surface area contributed by atoms with Gasteiger partial charge in [0.1, 0.15) is 11.6 Å². The van der Waals surface area contributed by atoms with Gasteiger partial charge in [-0.05, 0) is 49.7 Å². The first kappa shape index (κ1) is 13.4. The lowest BCUT2D eigenvalue weighted by Gasteiger charge is -2.26. The number of amides is 1. The molecule has 1 aliphatic carbocycles. The Hall–Kier alpha value is -1.59. The van der Waals surface area contributed by atoms with Crippen molar-refractivity contribution in [2.45, 2.75) is 18.2 Å². The summed E-state index contributed by atoms with van der Waals surface area (Å²) < 4.78 is 19.0. The largest absolute Gasteiger partial charge is 0.450 e. The van der Waals surface area contributed by atoms with Gasteiger partial charge in [-0.1, -0.05) is 0 Å². The normalized spacial score (nSPS) is 26.6. The van der Waals surface area contributed by atoms with Crippen LogP contribution in [0, 0.1) is 0 Å². The molecule has 1 amide bonds. The minimum Gasteiger partial charge on any atom is -0.450 e. The lowest BCUT2D eigenvalue weighted by atomic mass is 10.0. The quantitative estimate of drug-likeness (QED) is 0.531. The Labute approximate surface area is 121 Å². The molecule has 0 aromatic rings. The van der Waals surface area contributed by atoms with Crippen LogP contribution in [0.5, 0.6) is 0 Å². The Bertz CT molecular complexity index is 570. The van der Waals surface area contributed by atoms with Gasteiger partial charge < -0.3 is 15.4 Å². The molecule has 0 saturated carbocycles. The summed E-state index contributed by atoms with van der Waals surface area (Å²) in [6.45, 7) is 1.65. The minimum absolute atomic E-state index is 0.310. The Morgan fingerprint density at radius 1 is 1.30 bits per heavy atom. The lowest BCUT2D eigenvalue weighted by molar-refractivity contribution is -0.120. The van der Waals surface area contributed by atoms with Crippen LogP contribution in [0.25, 0.3) is 0 Å². The fraction of sp³-hybridized carbons (Fsp3) is 0.357. The van der Waals surface area contributed by atoms with Crippen molar-refractivity contribution in [2.24, 2.45) is 0 Å². The molecule has 3 aliphatic rings. The number of carbonyl (C=O) groups is 1. The fourth-order valence-electron chi connectivity index (χ4n) is 2.40. The Morgan fingerprint density at radius 2 is 2.05 bits per heavy atom. The first-order valence-corrected chi connectivity index (χ1v) is 6.94. The minimum atomic E-state index is -0.747. The van der Waals surface area contributed by atoms with Gasteiger partial charge in [0.05, 0.1) is 11.1 Å². The number of carbonyl (C=O) groups excluding carboxylic acids is 1. The number of piperidine rings is 1. The van der Waals surface area contributed by atoms with Crippen LogP contribution in [0.1, 0.15) is 12.8 Å². The topological polar surface area (TPSA) is 50.4 Å². The Kier molecular flexibility index (Phi) is 3.63. The van der Waals surface area contributed by atoms with Gasteiger partial charge in [0.2, 0.25) is 0 Å². The summed E-state index contributed by atoms with van der Waals surface area (Å²) in [5.41, 5.74) is 1.36. The maximum absolute atomic E-state index is 13.4. The number of alkyl halides is 1. The number of rotatable bonds is 0. The molecular weight excluding hydrogens is 283 g/mol. The molecule has 0 spiro atoms. The van der Waals surface area contributed by atoms with Crippen LogP contribution < -0.4 is 10.6 Å². The summed E-state index contributed by atoms with van der Waals surface area (Å²) in [4.78, 5) is 12.1. The van der Waals surface area contributed by atoms with Gasteiger partial charge in [0.15, 0.2) is 5.76 Å². The molecule has 2 N–H and O–H groups in total. The number of hydrogen-bond donors (Lipinski definition) is 2. The van der Waals surface area contributed by atoms with Crippen molar-refractivity contribution in [3.63, 3.8) is 0 Å². The van der Waals surface area contributed by atoms with Crippen LogP contribution in [0.2, 0.25) is 0 Å². The van der Waals surface area contributed by atoms with E-state index in [2.05, 4.69) is 10.6 Å². The second-order valence-electron chi connectivity index (χ2n) is 4.80. The van der Waals surface area contributed by atoms with E-state index in [4.69, 9.17) is 16.3 Å². The van der Waals surface area contributed by atoms with Gasteiger partial charge >= 0.3 is 0 Å². The van der Waals surface area contributed by atoms with E-state index in [1.165, 1.54) is 18.2 Å². The van der Waals surface area contributed by atoms with Gasteiger partial charge in [0.25, 0.3) is 5.91 Å². The third-order valence-electron chi connectivity index (χ3n) is 3.44. The van der Waals surface area contributed by atoms with Crippen LogP contribution >= 0.6 is 11.6 Å². The van der Waals surface area contributed by atoms with Crippen molar-refractivity contribution in [1.82, 2.24) is 10.6 Å². The SMILES string of the molecule is O=C1NC2=C(C=CC(F)=CC2Cl)OC1=C1CCNCC1. The van der Waals surface area contributed by atoms with E-state index in [0.717, 1.165) is 31.5 Å². The summed E-state index contributed by atoms with van der Waals surface area (Å²) in [7, 11) is 0. The number of halogens is 2. The van der Waals surface area contributed by atoms with Crippen LogP contribution in [0.4, 0.5) is 4.39 Å². The van der Waals surface area contributed by atoms with E-state index in [1.54, 1.807) is 0 Å². The molecule has 1 unspecified atom stereocenters. The van der Waals surface area contributed by atoms with Crippen LogP contribution in [-0.2, 0) is 9.53 Å². The van der Waals surface area contributed by atoms with Gasteiger partial charge in [-0.15, -0.1) is 11.6 Å². The highest BCUT2D eigenvalue weighted by Gasteiger charge is 2.30.